The van der Waals surface area contributed by atoms with Crippen molar-refractivity contribution in [3.05, 3.63) is 24.2 Å². The highest BCUT2D eigenvalue weighted by Gasteiger charge is 2.51. The Balaban J connectivity index is 1.68. The molecule has 3 rings (SSSR count). The van der Waals surface area contributed by atoms with Crippen molar-refractivity contribution in [3.63, 3.8) is 0 Å². The van der Waals surface area contributed by atoms with Crippen LogP contribution in [0.3, 0.4) is 0 Å². The molecule has 1 aromatic rings. The number of aliphatic carboxylic acids is 1. The number of fused-ring (bicyclic) bond motifs is 1. The van der Waals surface area contributed by atoms with Gasteiger partial charge < -0.3 is 14.4 Å². The Morgan fingerprint density at radius 3 is 3.00 bits per heavy atom. The van der Waals surface area contributed by atoms with E-state index < -0.39 is 11.4 Å². The first kappa shape index (κ1) is 14.5. The predicted molar refractivity (Wildman–Crippen MR) is 78.1 cm³/mol. The molecule has 112 valence electrons. The number of amides is 1. The van der Waals surface area contributed by atoms with E-state index in [1.165, 1.54) is 18.0 Å². The molecule has 6 nitrogen and oxygen atoms in total. The summed E-state index contributed by atoms with van der Waals surface area (Å²) in [5, 5.41) is 9.37. The molecular formula is C13H13NO5S2. The number of carboxylic acid groups (broad SMARTS) is 1. The molecule has 21 heavy (non-hydrogen) atoms. The van der Waals surface area contributed by atoms with Gasteiger partial charge in [-0.2, -0.15) is 0 Å². The molecule has 2 fully saturated rings. The van der Waals surface area contributed by atoms with Crippen LogP contribution in [0.2, 0.25) is 0 Å². The van der Waals surface area contributed by atoms with Crippen molar-refractivity contribution in [3.8, 4) is 0 Å². The van der Waals surface area contributed by atoms with Gasteiger partial charge in [0.2, 0.25) is 5.91 Å². The lowest BCUT2D eigenvalue weighted by Crippen LogP contribution is -2.62. The van der Waals surface area contributed by atoms with Gasteiger partial charge in [0.15, 0.2) is 5.76 Å². The lowest BCUT2D eigenvalue weighted by atomic mass is 9.90. The molecule has 8 heteroatoms. The standard InChI is InChI=1S/C13H13NO5S2/c15-9-4-10-14(9)5-13(6-20-10,12(17)18)7-21-11(16)8-2-1-3-19-8/h1-3,10H,4-7H2,(H,17,18)/t10-,13?/m1/s1. The van der Waals surface area contributed by atoms with Gasteiger partial charge >= 0.3 is 5.97 Å². The fourth-order valence-electron chi connectivity index (χ4n) is 2.34. The summed E-state index contributed by atoms with van der Waals surface area (Å²) in [7, 11) is 0. The smallest absolute Gasteiger partial charge is 0.313 e. The fraction of sp³-hybridized carbons (Fsp3) is 0.462. The number of furan rings is 1. The fourth-order valence-corrected chi connectivity index (χ4v) is 4.91. The second kappa shape index (κ2) is 5.42. The van der Waals surface area contributed by atoms with Gasteiger partial charge in [-0.25, -0.2) is 0 Å². The van der Waals surface area contributed by atoms with Gasteiger partial charge in [0.25, 0.3) is 5.12 Å². The van der Waals surface area contributed by atoms with Crippen LogP contribution in [0.4, 0.5) is 0 Å². The molecule has 1 unspecified atom stereocenters. The number of rotatable bonds is 4. The zero-order valence-electron chi connectivity index (χ0n) is 11.0. The van der Waals surface area contributed by atoms with Crippen molar-refractivity contribution in [1.82, 2.24) is 4.90 Å². The lowest BCUT2D eigenvalue weighted by Gasteiger charge is -2.49. The van der Waals surface area contributed by atoms with E-state index >= 15 is 0 Å². The maximum Gasteiger partial charge on any atom is 0.313 e. The monoisotopic (exact) mass is 327 g/mol. The van der Waals surface area contributed by atoms with Crippen molar-refractivity contribution in [2.24, 2.45) is 5.41 Å². The van der Waals surface area contributed by atoms with Crippen LogP contribution < -0.4 is 0 Å². The Bertz CT molecular complexity index is 587. The van der Waals surface area contributed by atoms with Crippen LogP contribution in [-0.4, -0.2) is 50.4 Å². The first-order valence-corrected chi connectivity index (χ1v) is 8.40. The van der Waals surface area contributed by atoms with E-state index in [1.54, 1.807) is 17.0 Å². The molecule has 0 aromatic carbocycles. The average molecular weight is 327 g/mol. The number of hydrogen-bond donors (Lipinski definition) is 1. The largest absolute Gasteiger partial charge is 0.481 e. The van der Waals surface area contributed by atoms with Gasteiger partial charge in [-0.15, -0.1) is 11.8 Å². The third kappa shape index (κ3) is 2.57. The number of carboxylic acids is 1. The van der Waals surface area contributed by atoms with Crippen molar-refractivity contribution in [1.29, 1.82) is 0 Å². The van der Waals surface area contributed by atoms with Crippen LogP contribution >= 0.6 is 23.5 Å². The van der Waals surface area contributed by atoms with Crippen LogP contribution in [0.15, 0.2) is 22.8 Å². The maximum atomic E-state index is 11.9. The zero-order valence-corrected chi connectivity index (χ0v) is 12.6. The average Bonchev–Trinajstić information content (AvgIpc) is 2.99. The van der Waals surface area contributed by atoms with Crippen molar-refractivity contribution in [2.45, 2.75) is 11.8 Å². The van der Waals surface area contributed by atoms with Gasteiger partial charge in [-0.1, -0.05) is 11.8 Å². The molecule has 1 aromatic heterocycles. The van der Waals surface area contributed by atoms with Crippen molar-refractivity contribution in [2.75, 3.05) is 18.1 Å². The first-order valence-electron chi connectivity index (χ1n) is 6.37. The molecule has 2 atom stereocenters. The minimum Gasteiger partial charge on any atom is -0.481 e. The van der Waals surface area contributed by atoms with Gasteiger partial charge in [0, 0.05) is 18.1 Å². The van der Waals surface area contributed by atoms with E-state index in [-0.39, 0.29) is 34.5 Å². The molecule has 0 bridgehead atoms. The quantitative estimate of drug-likeness (QED) is 0.839. The minimum absolute atomic E-state index is 0.0137. The molecule has 2 aliphatic heterocycles. The normalized spacial score (nSPS) is 27.9. The summed E-state index contributed by atoms with van der Waals surface area (Å²) >= 11 is 2.41. The highest BCUT2D eigenvalue weighted by molar-refractivity contribution is 8.14. The molecule has 2 saturated heterocycles. The Morgan fingerprint density at radius 2 is 2.38 bits per heavy atom. The van der Waals surface area contributed by atoms with Gasteiger partial charge in [-0.3, -0.25) is 14.4 Å². The summed E-state index contributed by atoms with van der Waals surface area (Å²) in [6, 6.07) is 3.16. The van der Waals surface area contributed by atoms with Crippen LogP contribution in [-0.2, 0) is 9.59 Å². The van der Waals surface area contributed by atoms with Crippen molar-refractivity contribution < 1.29 is 23.9 Å². The number of thioether (sulfide) groups is 2. The summed E-state index contributed by atoms with van der Waals surface area (Å²) in [5.74, 6) is -0.226. The number of nitrogens with zero attached hydrogens (tertiary/aromatic N) is 1. The molecule has 0 spiro atoms. The third-order valence-electron chi connectivity index (χ3n) is 3.70. The summed E-state index contributed by atoms with van der Waals surface area (Å²) in [6.45, 7) is 0.178. The maximum absolute atomic E-state index is 11.9. The van der Waals surface area contributed by atoms with Crippen LogP contribution in [0.5, 0.6) is 0 Å². The van der Waals surface area contributed by atoms with E-state index in [0.29, 0.717) is 12.2 Å². The summed E-state index contributed by atoms with van der Waals surface area (Å²) in [4.78, 5) is 36.7. The Hall–Kier alpha value is -1.41. The molecule has 1 N–H and O–H groups in total. The Morgan fingerprint density at radius 1 is 1.57 bits per heavy atom. The van der Waals surface area contributed by atoms with E-state index in [1.807, 2.05) is 0 Å². The second-order valence-electron chi connectivity index (χ2n) is 5.13. The summed E-state index contributed by atoms with van der Waals surface area (Å²) < 4.78 is 5.01. The topological polar surface area (TPSA) is 87.8 Å². The highest BCUT2D eigenvalue weighted by Crippen LogP contribution is 2.43. The van der Waals surface area contributed by atoms with Gasteiger partial charge in [-0.05, 0) is 12.1 Å². The number of β-lactam (4-membered cyclic amide) rings is 1. The Kier molecular flexibility index (Phi) is 3.75. The van der Waals surface area contributed by atoms with Crippen molar-refractivity contribution >= 4 is 40.5 Å². The minimum atomic E-state index is -1.08. The van der Waals surface area contributed by atoms with E-state index in [9.17, 15) is 19.5 Å². The van der Waals surface area contributed by atoms with E-state index in [2.05, 4.69) is 0 Å². The van der Waals surface area contributed by atoms with Crippen LogP contribution in [0.25, 0.3) is 0 Å². The highest BCUT2D eigenvalue weighted by atomic mass is 32.2. The molecular weight excluding hydrogens is 314 g/mol. The van der Waals surface area contributed by atoms with Gasteiger partial charge in [0.1, 0.15) is 5.41 Å². The van der Waals surface area contributed by atoms with Crippen LogP contribution in [0.1, 0.15) is 17.0 Å². The molecule has 2 aliphatic rings. The predicted octanol–water partition coefficient (Wildman–Crippen LogP) is 1.53. The number of hydrogen-bond acceptors (Lipinski definition) is 6. The van der Waals surface area contributed by atoms with Gasteiger partial charge in [0.05, 0.1) is 18.1 Å². The van der Waals surface area contributed by atoms with E-state index in [0.717, 1.165) is 11.8 Å². The van der Waals surface area contributed by atoms with Crippen LogP contribution in [0, 0.1) is 5.41 Å². The number of carbonyl (C=O) groups excluding carboxylic acids is 2. The second-order valence-corrected chi connectivity index (χ2v) is 7.24. The third-order valence-corrected chi connectivity index (χ3v) is 6.38. The first-order chi connectivity index (χ1) is 10.0. The molecule has 1 amide bonds. The molecule has 3 heterocycles. The molecule has 0 radical (unpaired) electrons. The zero-order chi connectivity index (χ0) is 15.0. The SMILES string of the molecule is O=C(SCC1(C(=O)O)CS[C@@H]2CC(=O)N2C1)c1ccco1. The summed E-state index contributed by atoms with van der Waals surface area (Å²) in [6.07, 6.45) is 1.89. The number of carbonyl (C=O) groups is 3. The van der Waals surface area contributed by atoms with E-state index in [4.69, 9.17) is 4.42 Å². The molecule has 0 saturated carbocycles. The summed E-state index contributed by atoms with van der Waals surface area (Å²) in [5.41, 5.74) is -1.08. The molecule has 0 aliphatic carbocycles. The Labute approximate surface area is 129 Å². The lowest BCUT2D eigenvalue weighted by molar-refractivity contribution is -0.153.